The van der Waals surface area contributed by atoms with E-state index in [9.17, 15) is 27.9 Å². The Labute approximate surface area is 131 Å². The fourth-order valence-corrected chi connectivity index (χ4v) is 1.80. The van der Waals surface area contributed by atoms with Crippen molar-refractivity contribution in [3.63, 3.8) is 0 Å². The summed E-state index contributed by atoms with van der Waals surface area (Å²) in [7, 11) is 1.44. The van der Waals surface area contributed by atoms with Crippen molar-refractivity contribution in [2.45, 2.75) is 32.5 Å². The molecule has 0 aliphatic carbocycles. The van der Waals surface area contributed by atoms with Crippen LogP contribution in [-0.2, 0) is 9.59 Å². The number of carbonyl (C=O) groups excluding carboxylic acids is 1. The van der Waals surface area contributed by atoms with Gasteiger partial charge in [-0.15, -0.1) is 0 Å². The maximum absolute atomic E-state index is 12.8. The van der Waals surface area contributed by atoms with Crippen molar-refractivity contribution in [1.29, 1.82) is 0 Å². The van der Waals surface area contributed by atoms with E-state index in [1.165, 1.54) is 31.4 Å². The third-order valence-corrected chi connectivity index (χ3v) is 3.37. The molecule has 0 spiro atoms. The molecule has 23 heavy (non-hydrogen) atoms. The predicted molar refractivity (Wildman–Crippen MR) is 76.0 cm³/mol. The molecule has 0 aliphatic rings. The Morgan fingerprint density at radius 3 is 2.13 bits per heavy atom. The van der Waals surface area contributed by atoms with Crippen molar-refractivity contribution in [2.75, 3.05) is 7.11 Å². The summed E-state index contributed by atoms with van der Waals surface area (Å²) in [5.74, 6) is -1.87. The Morgan fingerprint density at radius 1 is 1.22 bits per heavy atom. The number of aliphatic carboxylic acids is 1. The van der Waals surface area contributed by atoms with E-state index in [0.717, 1.165) is 13.8 Å². The van der Waals surface area contributed by atoms with Crippen LogP contribution in [0.25, 0.3) is 0 Å². The maximum Gasteiger partial charge on any atom is 0.394 e. The molecule has 1 atom stereocenters. The molecule has 0 saturated heterocycles. The summed E-state index contributed by atoms with van der Waals surface area (Å²) < 4.78 is 43.3. The highest BCUT2D eigenvalue weighted by molar-refractivity contribution is 5.84. The number of carbonyl (C=O) groups is 2. The van der Waals surface area contributed by atoms with Crippen LogP contribution in [-0.4, -0.2) is 30.3 Å². The normalized spacial score (nSPS) is 13.3. The van der Waals surface area contributed by atoms with Crippen molar-refractivity contribution in [3.05, 3.63) is 29.8 Å². The van der Waals surface area contributed by atoms with Gasteiger partial charge in [0.05, 0.1) is 12.5 Å². The van der Waals surface area contributed by atoms with E-state index in [0.29, 0.717) is 5.75 Å². The Kier molecular flexibility index (Phi) is 5.63. The molecule has 0 aromatic heterocycles. The number of carboxylic acid groups (broad SMARTS) is 1. The van der Waals surface area contributed by atoms with Gasteiger partial charge in [0.25, 0.3) is 0 Å². The van der Waals surface area contributed by atoms with Crippen LogP contribution in [0.3, 0.4) is 0 Å². The average Bonchev–Trinajstić information content (AvgIpc) is 2.43. The van der Waals surface area contributed by atoms with E-state index in [1.54, 1.807) is 0 Å². The number of nitrogens with one attached hydrogen (secondary N) is 1. The lowest BCUT2D eigenvalue weighted by Gasteiger charge is -2.27. The summed E-state index contributed by atoms with van der Waals surface area (Å²) in [5, 5.41) is 11.3. The van der Waals surface area contributed by atoms with Gasteiger partial charge in [-0.25, -0.2) is 4.79 Å². The first-order valence-electron chi connectivity index (χ1n) is 6.71. The first-order chi connectivity index (χ1) is 10.5. The smallest absolute Gasteiger partial charge is 0.394 e. The Morgan fingerprint density at radius 2 is 1.74 bits per heavy atom. The monoisotopic (exact) mass is 333 g/mol. The number of methoxy groups -OCH3 is 1. The fourth-order valence-electron chi connectivity index (χ4n) is 1.80. The zero-order valence-electron chi connectivity index (χ0n) is 12.9. The number of halogens is 3. The summed E-state index contributed by atoms with van der Waals surface area (Å²) in [6.45, 7) is 1.77. The average molecular weight is 333 g/mol. The Hall–Kier alpha value is -2.25. The van der Waals surface area contributed by atoms with E-state index in [1.807, 2.05) is 0 Å². The van der Waals surface area contributed by atoms with Crippen molar-refractivity contribution in [2.24, 2.45) is 5.41 Å². The van der Waals surface area contributed by atoms with E-state index >= 15 is 0 Å². The quantitative estimate of drug-likeness (QED) is 0.839. The highest BCUT2D eigenvalue weighted by Crippen LogP contribution is 2.40. The number of ether oxygens (including phenoxy) is 1. The van der Waals surface area contributed by atoms with Gasteiger partial charge >= 0.3 is 12.1 Å². The SMILES string of the molecule is COc1ccc(C(NC(=O)CC(C)(C)C(F)(F)F)C(=O)O)cc1. The molecular weight excluding hydrogens is 315 g/mol. The van der Waals surface area contributed by atoms with Gasteiger partial charge in [0, 0.05) is 6.42 Å². The van der Waals surface area contributed by atoms with Crippen molar-refractivity contribution in [1.82, 2.24) is 5.32 Å². The minimum atomic E-state index is -4.57. The van der Waals surface area contributed by atoms with Gasteiger partial charge in [0.15, 0.2) is 6.04 Å². The van der Waals surface area contributed by atoms with Gasteiger partial charge < -0.3 is 15.2 Å². The lowest BCUT2D eigenvalue weighted by Crippen LogP contribution is -2.40. The number of rotatable bonds is 6. The summed E-state index contributed by atoms with van der Waals surface area (Å²) >= 11 is 0. The lowest BCUT2D eigenvalue weighted by molar-refractivity contribution is -0.213. The number of alkyl halides is 3. The molecule has 1 aromatic carbocycles. The highest BCUT2D eigenvalue weighted by atomic mass is 19.4. The number of hydrogen-bond donors (Lipinski definition) is 2. The minimum absolute atomic E-state index is 0.233. The molecule has 5 nitrogen and oxygen atoms in total. The number of hydrogen-bond acceptors (Lipinski definition) is 3. The molecule has 1 rings (SSSR count). The van der Waals surface area contributed by atoms with Gasteiger partial charge in [0.1, 0.15) is 5.75 Å². The minimum Gasteiger partial charge on any atom is -0.497 e. The molecule has 1 unspecified atom stereocenters. The Bertz CT molecular complexity index is 567. The van der Waals surface area contributed by atoms with Crippen molar-refractivity contribution >= 4 is 11.9 Å². The van der Waals surface area contributed by atoms with Gasteiger partial charge in [0.2, 0.25) is 5.91 Å². The molecule has 0 fully saturated rings. The van der Waals surface area contributed by atoms with E-state index < -0.39 is 35.9 Å². The van der Waals surface area contributed by atoms with Crippen molar-refractivity contribution < 1.29 is 32.6 Å². The molecule has 0 heterocycles. The summed E-state index contributed by atoms with van der Waals surface area (Å²) in [4.78, 5) is 23.1. The molecule has 0 aliphatic heterocycles. The van der Waals surface area contributed by atoms with Crippen LogP contribution in [0.2, 0.25) is 0 Å². The Balaban J connectivity index is 2.88. The van der Waals surface area contributed by atoms with Gasteiger partial charge in [-0.2, -0.15) is 13.2 Å². The van der Waals surface area contributed by atoms with Gasteiger partial charge in [-0.1, -0.05) is 26.0 Å². The zero-order chi connectivity index (χ0) is 17.8. The summed E-state index contributed by atoms with van der Waals surface area (Å²) in [6, 6.07) is 4.41. The van der Waals surface area contributed by atoms with Gasteiger partial charge in [-0.3, -0.25) is 4.79 Å². The number of carboxylic acids is 1. The van der Waals surface area contributed by atoms with Crippen LogP contribution in [0.15, 0.2) is 24.3 Å². The number of benzene rings is 1. The molecule has 1 amide bonds. The lowest BCUT2D eigenvalue weighted by atomic mass is 9.88. The van der Waals surface area contributed by atoms with E-state index in [4.69, 9.17) is 4.74 Å². The third kappa shape index (κ3) is 4.87. The molecule has 0 radical (unpaired) electrons. The standard InChI is InChI=1S/C15H18F3NO4/c1-14(2,15(16,17)18)8-11(20)19-12(13(21)22)9-4-6-10(23-3)7-5-9/h4-7,12H,8H2,1-3H3,(H,19,20)(H,21,22). The second-order valence-electron chi connectivity index (χ2n) is 5.67. The second-order valence-corrected chi connectivity index (χ2v) is 5.67. The van der Waals surface area contributed by atoms with Crippen LogP contribution < -0.4 is 10.1 Å². The second kappa shape index (κ2) is 6.89. The summed E-state index contributed by atoms with van der Waals surface area (Å²) in [6.07, 6.45) is -5.43. The largest absolute Gasteiger partial charge is 0.497 e. The first-order valence-corrected chi connectivity index (χ1v) is 6.71. The van der Waals surface area contributed by atoms with E-state index in [2.05, 4.69) is 5.32 Å². The fraction of sp³-hybridized carbons (Fsp3) is 0.467. The topological polar surface area (TPSA) is 75.6 Å². The molecule has 2 N–H and O–H groups in total. The van der Waals surface area contributed by atoms with E-state index in [-0.39, 0.29) is 5.56 Å². The maximum atomic E-state index is 12.8. The molecule has 0 saturated carbocycles. The molecule has 1 aromatic rings. The van der Waals surface area contributed by atoms with Crippen LogP contribution >= 0.6 is 0 Å². The van der Waals surface area contributed by atoms with Gasteiger partial charge in [-0.05, 0) is 17.7 Å². The molecule has 8 heteroatoms. The number of amides is 1. The summed E-state index contributed by atoms with van der Waals surface area (Å²) in [5.41, 5.74) is -2.02. The predicted octanol–water partition coefficient (Wildman–Crippen LogP) is 2.92. The first kappa shape index (κ1) is 18.8. The third-order valence-electron chi connectivity index (χ3n) is 3.37. The molecular formula is C15H18F3NO4. The van der Waals surface area contributed by atoms with Crippen LogP contribution in [0, 0.1) is 5.41 Å². The molecule has 128 valence electrons. The highest BCUT2D eigenvalue weighted by Gasteiger charge is 2.48. The molecule has 0 bridgehead atoms. The van der Waals surface area contributed by atoms with Crippen molar-refractivity contribution in [3.8, 4) is 5.75 Å². The van der Waals surface area contributed by atoms with Crippen LogP contribution in [0.5, 0.6) is 5.75 Å². The van der Waals surface area contributed by atoms with Crippen LogP contribution in [0.1, 0.15) is 31.9 Å². The zero-order valence-corrected chi connectivity index (χ0v) is 12.9. The van der Waals surface area contributed by atoms with Crippen LogP contribution in [0.4, 0.5) is 13.2 Å².